The zero-order valence-corrected chi connectivity index (χ0v) is 11.5. The molecule has 0 aliphatic carbocycles. The molecule has 0 spiro atoms. The lowest BCUT2D eigenvalue weighted by molar-refractivity contribution is 1.50. The summed E-state index contributed by atoms with van der Waals surface area (Å²) in [6.45, 7) is 0. The van der Waals surface area contributed by atoms with Crippen molar-refractivity contribution < 1.29 is 0 Å². The third-order valence-electron chi connectivity index (χ3n) is 1.72. The molecule has 1 aromatic carbocycles. The van der Waals surface area contributed by atoms with Crippen LogP contribution in [0.15, 0.2) is 18.2 Å². The predicted octanol–water partition coefficient (Wildman–Crippen LogP) is 3.98. The Morgan fingerprint density at radius 3 is 2.77 bits per heavy atom. The number of benzene rings is 1. The lowest BCUT2D eigenvalue weighted by Gasteiger charge is -1.95. The average molecular weight is 411 g/mol. The third kappa shape index (κ3) is 1.69. The van der Waals surface area contributed by atoms with Gasteiger partial charge in [-0.05, 0) is 62.7 Å². The average Bonchev–Trinajstić information content (AvgIpc) is 2.45. The second-order valence-electron chi connectivity index (χ2n) is 2.50. The fourth-order valence-corrected chi connectivity index (χ4v) is 3.78. The Labute approximate surface area is 107 Å². The van der Waals surface area contributed by atoms with Crippen LogP contribution in [0.25, 0.3) is 10.1 Å². The van der Waals surface area contributed by atoms with Gasteiger partial charge in [0.1, 0.15) is 6.07 Å². The van der Waals surface area contributed by atoms with Gasteiger partial charge in [-0.2, -0.15) is 5.26 Å². The number of nitriles is 1. The number of fused-ring (bicyclic) bond motifs is 1. The summed E-state index contributed by atoms with van der Waals surface area (Å²) < 4.78 is 3.37. The normalized spacial score (nSPS) is 10.2. The standard InChI is InChI=1S/C9H3I2NS/c10-7-2-1-5-3-8(11)13-9(5)6(7)4-12/h1-3H. The number of hydrogen-bond acceptors (Lipinski definition) is 2. The fourth-order valence-electron chi connectivity index (χ4n) is 1.15. The van der Waals surface area contributed by atoms with E-state index < -0.39 is 0 Å². The highest BCUT2D eigenvalue weighted by atomic mass is 127. The van der Waals surface area contributed by atoms with Crippen LogP contribution < -0.4 is 0 Å². The number of rotatable bonds is 0. The van der Waals surface area contributed by atoms with Crippen LogP contribution in [0.1, 0.15) is 5.56 Å². The second-order valence-corrected chi connectivity index (χ2v) is 6.61. The summed E-state index contributed by atoms with van der Waals surface area (Å²) in [5, 5.41) is 10.1. The van der Waals surface area contributed by atoms with Crippen molar-refractivity contribution >= 4 is 66.6 Å². The number of hydrogen-bond donors (Lipinski definition) is 0. The lowest BCUT2D eigenvalue weighted by atomic mass is 10.2. The summed E-state index contributed by atoms with van der Waals surface area (Å²) in [5.41, 5.74) is 0.811. The highest BCUT2D eigenvalue weighted by molar-refractivity contribution is 14.1. The minimum absolute atomic E-state index is 0.811. The molecule has 0 bridgehead atoms. The van der Waals surface area contributed by atoms with Crippen molar-refractivity contribution in [2.45, 2.75) is 0 Å². The molecule has 0 atom stereocenters. The summed E-state index contributed by atoms with van der Waals surface area (Å²) in [6, 6.07) is 8.42. The van der Waals surface area contributed by atoms with Gasteiger partial charge in [0.15, 0.2) is 0 Å². The maximum absolute atomic E-state index is 8.98. The zero-order valence-electron chi connectivity index (χ0n) is 6.34. The first-order valence-corrected chi connectivity index (χ1v) is 6.47. The van der Waals surface area contributed by atoms with Crippen LogP contribution in [0, 0.1) is 17.8 Å². The Kier molecular flexibility index (Phi) is 2.76. The van der Waals surface area contributed by atoms with Crippen LogP contribution in [0.4, 0.5) is 0 Å². The van der Waals surface area contributed by atoms with Crippen LogP contribution in [0.3, 0.4) is 0 Å². The van der Waals surface area contributed by atoms with Gasteiger partial charge >= 0.3 is 0 Å². The molecule has 1 nitrogen and oxygen atoms in total. The van der Waals surface area contributed by atoms with Crippen molar-refractivity contribution in [3.8, 4) is 6.07 Å². The van der Waals surface area contributed by atoms with Gasteiger partial charge in [0.05, 0.1) is 13.1 Å². The zero-order chi connectivity index (χ0) is 9.42. The van der Waals surface area contributed by atoms with Gasteiger partial charge in [-0.1, -0.05) is 6.07 Å². The van der Waals surface area contributed by atoms with Gasteiger partial charge in [0, 0.05) is 3.57 Å². The molecule has 0 aliphatic heterocycles. The molecule has 1 aromatic heterocycles. The van der Waals surface area contributed by atoms with E-state index in [2.05, 4.69) is 63.4 Å². The van der Waals surface area contributed by atoms with Crippen LogP contribution in [-0.4, -0.2) is 0 Å². The van der Waals surface area contributed by atoms with E-state index >= 15 is 0 Å². The molecule has 0 saturated carbocycles. The van der Waals surface area contributed by atoms with Crippen molar-refractivity contribution in [3.05, 3.63) is 30.2 Å². The molecule has 0 aliphatic rings. The van der Waals surface area contributed by atoms with Crippen LogP contribution >= 0.6 is 56.5 Å². The molecular weight excluding hydrogens is 408 g/mol. The number of nitrogens with zero attached hydrogens (tertiary/aromatic N) is 1. The Morgan fingerprint density at radius 2 is 2.08 bits per heavy atom. The van der Waals surface area contributed by atoms with Gasteiger partial charge in [0.25, 0.3) is 0 Å². The maximum atomic E-state index is 8.98. The van der Waals surface area contributed by atoms with Gasteiger partial charge < -0.3 is 0 Å². The van der Waals surface area contributed by atoms with Crippen molar-refractivity contribution in [1.82, 2.24) is 0 Å². The van der Waals surface area contributed by atoms with E-state index in [1.165, 1.54) is 8.27 Å². The summed E-state index contributed by atoms with van der Waals surface area (Å²) in [4.78, 5) is 0. The third-order valence-corrected chi connectivity index (χ3v) is 4.55. The first kappa shape index (κ1) is 9.68. The minimum atomic E-state index is 0.811. The molecule has 64 valence electrons. The predicted molar refractivity (Wildman–Crippen MR) is 72.0 cm³/mol. The monoisotopic (exact) mass is 411 g/mol. The Balaban J connectivity index is 2.93. The molecule has 2 rings (SSSR count). The van der Waals surface area contributed by atoms with Crippen LogP contribution in [0.5, 0.6) is 0 Å². The molecule has 0 saturated heterocycles. The minimum Gasteiger partial charge on any atom is -0.192 e. The molecule has 0 N–H and O–H groups in total. The first-order valence-electron chi connectivity index (χ1n) is 3.50. The molecule has 0 radical (unpaired) electrons. The maximum Gasteiger partial charge on any atom is 0.102 e. The molecule has 1 heterocycles. The molecular formula is C9H3I2NS. The molecule has 0 amide bonds. The Bertz CT molecular complexity index is 510. The van der Waals surface area contributed by atoms with Crippen molar-refractivity contribution in [3.63, 3.8) is 0 Å². The van der Waals surface area contributed by atoms with Crippen molar-refractivity contribution in [1.29, 1.82) is 5.26 Å². The molecule has 0 unspecified atom stereocenters. The lowest BCUT2D eigenvalue weighted by Crippen LogP contribution is -1.79. The van der Waals surface area contributed by atoms with Crippen LogP contribution in [-0.2, 0) is 0 Å². The van der Waals surface area contributed by atoms with E-state index in [1.54, 1.807) is 11.3 Å². The van der Waals surface area contributed by atoms with Crippen molar-refractivity contribution in [2.24, 2.45) is 0 Å². The smallest absolute Gasteiger partial charge is 0.102 e. The highest BCUT2D eigenvalue weighted by Crippen LogP contribution is 2.31. The summed E-state index contributed by atoms with van der Waals surface area (Å²) in [7, 11) is 0. The SMILES string of the molecule is N#Cc1c(I)ccc2cc(I)sc12. The first-order chi connectivity index (χ1) is 6.22. The van der Waals surface area contributed by atoms with Gasteiger partial charge in [-0.3, -0.25) is 0 Å². The Hall–Kier alpha value is 0.130. The van der Waals surface area contributed by atoms with E-state index in [-0.39, 0.29) is 0 Å². The fraction of sp³-hybridized carbons (Fsp3) is 0. The summed E-state index contributed by atoms with van der Waals surface area (Å²) in [6.07, 6.45) is 0. The van der Waals surface area contributed by atoms with Gasteiger partial charge in [-0.25, -0.2) is 0 Å². The quantitative estimate of drug-likeness (QED) is 0.602. The summed E-state index contributed by atoms with van der Waals surface area (Å²) >= 11 is 6.16. The van der Waals surface area contributed by atoms with Gasteiger partial charge in [-0.15, -0.1) is 11.3 Å². The van der Waals surface area contributed by atoms with Crippen LogP contribution in [0.2, 0.25) is 0 Å². The molecule has 13 heavy (non-hydrogen) atoms. The highest BCUT2D eigenvalue weighted by Gasteiger charge is 2.07. The van der Waals surface area contributed by atoms with Gasteiger partial charge in [0.2, 0.25) is 0 Å². The van der Waals surface area contributed by atoms with E-state index in [9.17, 15) is 0 Å². The van der Waals surface area contributed by atoms with E-state index in [0.717, 1.165) is 13.8 Å². The van der Waals surface area contributed by atoms with E-state index in [4.69, 9.17) is 5.26 Å². The van der Waals surface area contributed by atoms with E-state index in [1.807, 2.05) is 6.07 Å². The topological polar surface area (TPSA) is 23.8 Å². The molecule has 4 heteroatoms. The molecule has 2 aromatic rings. The number of thiophene rings is 1. The molecule has 0 fully saturated rings. The number of halogens is 2. The second kappa shape index (κ2) is 3.71. The largest absolute Gasteiger partial charge is 0.192 e. The van der Waals surface area contributed by atoms with Crippen molar-refractivity contribution in [2.75, 3.05) is 0 Å². The Morgan fingerprint density at radius 1 is 1.31 bits per heavy atom. The van der Waals surface area contributed by atoms with E-state index in [0.29, 0.717) is 0 Å². The summed E-state index contributed by atoms with van der Waals surface area (Å²) in [5.74, 6) is 0.